The molecule has 0 aromatic heterocycles. The normalized spacial score (nSPS) is 11.3. The standard InChI is InChI=1S/C13H16N2O/c14-12(8-4-5-9-13(15)16)10-11-6-2-1-3-7-11/h1-4,6-7,9,12H,8,10,14H2,(H2,15,16)/t5?,12-/m0/s1. The molecule has 3 heteroatoms. The fraction of sp³-hybridized carbons (Fsp3) is 0.231. The van der Waals surface area contributed by atoms with E-state index in [9.17, 15) is 4.79 Å². The number of benzene rings is 1. The summed E-state index contributed by atoms with van der Waals surface area (Å²) in [6.07, 6.45) is 4.43. The first-order valence-corrected chi connectivity index (χ1v) is 5.18. The molecule has 0 spiro atoms. The maximum absolute atomic E-state index is 10.4. The second-order valence-electron chi connectivity index (χ2n) is 3.60. The third kappa shape index (κ3) is 5.15. The molecule has 1 amide bonds. The van der Waals surface area contributed by atoms with Crippen LogP contribution in [0.2, 0.25) is 0 Å². The number of carbonyl (C=O) groups excluding carboxylic acids is 1. The quantitative estimate of drug-likeness (QED) is 0.572. The highest BCUT2D eigenvalue weighted by molar-refractivity contribution is 5.85. The maximum Gasteiger partial charge on any atom is 0.249 e. The van der Waals surface area contributed by atoms with Crippen molar-refractivity contribution in [1.82, 2.24) is 0 Å². The van der Waals surface area contributed by atoms with Gasteiger partial charge in [0.05, 0.1) is 0 Å². The first-order valence-electron chi connectivity index (χ1n) is 5.18. The average molecular weight is 216 g/mol. The topological polar surface area (TPSA) is 69.1 Å². The predicted molar refractivity (Wildman–Crippen MR) is 64.6 cm³/mol. The number of amides is 1. The van der Waals surface area contributed by atoms with Crippen LogP contribution in [-0.2, 0) is 11.2 Å². The van der Waals surface area contributed by atoms with Crippen molar-refractivity contribution in [3.05, 3.63) is 53.8 Å². The monoisotopic (exact) mass is 216 g/mol. The van der Waals surface area contributed by atoms with Crippen molar-refractivity contribution in [1.29, 1.82) is 0 Å². The first kappa shape index (κ1) is 12.2. The Bertz CT molecular complexity index is 392. The lowest BCUT2D eigenvalue weighted by atomic mass is 10.0. The van der Waals surface area contributed by atoms with E-state index >= 15 is 0 Å². The summed E-state index contributed by atoms with van der Waals surface area (Å²) in [6, 6.07) is 10.1. The van der Waals surface area contributed by atoms with Gasteiger partial charge in [-0.25, -0.2) is 0 Å². The molecule has 1 atom stereocenters. The molecule has 0 heterocycles. The highest BCUT2D eigenvalue weighted by atomic mass is 16.1. The van der Waals surface area contributed by atoms with E-state index in [-0.39, 0.29) is 6.04 Å². The number of rotatable bonds is 5. The van der Waals surface area contributed by atoms with Gasteiger partial charge in [-0.1, -0.05) is 30.3 Å². The van der Waals surface area contributed by atoms with Gasteiger partial charge in [0.15, 0.2) is 0 Å². The maximum atomic E-state index is 10.4. The number of hydrogen-bond acceptors (Lipinski definition) is 2. The summed E-state index contributed by atoms with van der Waals surface area (Å²) in [5.74, 6) is -0.493. The summed E-state index contributed by atoms with van der Waals surface area (Å²) in [5, 5.41) is 0. The lowest BCUT2D eigenvalue weighted by Crippen LogP contribution is -2.21. The van der Waals surface area contributed by atoms with Gasteiger partial charge in [-0.2, -0.15) is 0 Å². The molecule has 0 fully saturated rings. The smallest absolute Gasteiger partial charge is 0.249 e. The molecule has 0 aliphatic carbocycles. The van der Waals surface area contributed by atoms with Crippen LogP contribution in [0.3, 0.4) is 0 Å². The summed E-state index contributed by atoms with van der Waals surface area (Å²) in [4.78, 5) is 10.4. The van der Waals surface area contributed by atoms with Crippen molar-refractivity contribution in [2.24, 2.45) is 11.5 Å². The number of carbonyl (C=O) groups is 1. The molecule has 0 aliphatic heterocycles. The molecule has 84 valence electrons. The molecule has 1 rings (SSSR count). The number of nitrogens with two attached hydrogens (primary N) is 2. The van der Waals surface area contributed by atoms with Crippen molar-refractivity contribution >= 4 is 5.91 Å². The second kappa shape index (κ2) is 6.62. The largest absolute Gasteiger partial charge is 0.366 e. The zero-order chi connectivity index (χ0) is 11.8. The highest BCUT2D eigenvalue weighted by Gasteiger charge is 2.00. The minimum atomic E-state index is -0.493. The lowest BCUT2D eigenvalue weighted by molar-refractivity contribution is -0.113. The van der Waals surface area contributed by atoms with E-state index in [1.54, 1.807) is 6.08 Å². The molecular formula is C13H16N2O. The zero-order valence-electron chi connectivity index (χ0n) is 9.10. The molecule has 0 radical (unpaired) electrons. The fourth-order valence-corrected chi connectivity index (χ4v) is 1.36. The number of primary amides is 1. The van der Waals surface area contributed by atoms with E-state index in [2.05, 4.69) is 5.73 Å². The molecule has 0 unspecified atom stereocenters. The Hall–Kier alpha value is -1.83. The van der Waals surface area contributed by atoms with Gasteiger partial charge < -0.3 is 11.5 Å². The lowest BCUT2D eigenvalue weighted by Gasteiger charge is -2.07. The Balaban J connectivity index is 2.40. The van der Waals surface area contributed by atoms with Crippen molar-refractivity contribution in [3.8, 4) is 0 Å². The third-order valence-corrected chi connectivity index (χ3v) is 2.10. The van der Waals surface area contributed by atoms with Crippen LogP contribution in [0.4, 0.5) is 0 Å². The Kier molecular flexibility index (Phi) is 5.06. The van der Waals surface area contributed by atoms with E-state index in [0.717, 1.165) is 6.42 Å². The third-order valence-electron chi connectivity index (χ3n) is 2.10. The van der Waals surface area contributed by atoms with Crippen LogP contribution in [0.1, 0.15) is 12.0 Å². The molecule has 0 aliphatic rings. The summed E-state index contributed by atoms with van der Waals surface area (Å²) in [6.45, 7) is 0. The van der Waals surface area contributed by atoms with E-state index in [1.807, 2.05) is 30.3 Å². The molecule has 4 N–H and O–H groups in total. The van der Waals surface area contributed by atoms with Gasteiger partial charge in [-0.05, 0) is 24.5 Å². The highest BCUT2D eigenvalue weighted by Crippen LogP contribution is 2.03. The SMILES string of the molecule is NC(=O)C=C=CC[C@H](N)Cc1ccccc1. The van der Waals surface area contributed by atoms with Gasteiger partial charge in [-0.3, -0.25) is 4.79 Å². The van der Waals surface area contributed by atoms with Crippen LogP contribution in [0.15, 0.2) is 48.2 Å². The second-order valence-corrected chi connectivity index (χ2v) is 3.60. The van der Waals surface area contributed by atoms with Crippen LogP contribution < -0.4 is 11.5 Å². The first-order chi connectivity index (χ1) is 7.68. The van der Waals surface area contributed by atoms with Crippen LogP contribution in [0.5, 0.6) is 0 Å². The molecular weight excluding hydrogens is 200 g/mol. The summed E-state index contributed by atoms with van der Waals surface area (Å²) >= 11 is 0. The Morgan fingerprint density at radius 3 is 2.69 bits per heavy atom. The summed E-state index contributed by atoms with van der Waals surface area (Å²) < 4.78 is 0. The zero-order valence-corrected chi connectivity index (χ0v) is 9.10. The van der Waals surface area contributed by atoms with Crippen LogP contribution in [0, 0.1) is 0 Å². The van der Waals surface area contributed by atoms with Gasteiger partial charge in [-0.15, -0.1) is 5.73 Å². The fourth-order valence-electron chi connectivity index (χ4n) is 1.36. The predicted octanol–water partition coefficient (Wildman–Crippen LogP) is 1.14. The molecule has 1 aromatic rings. The van der Waals surface area contributed by atoms with Gasteiger partial charge in [0, 0.05) is 12.1 Å². The molecule has 0 saturated carbocycles. The van der Waals surface area contributed by atoms with Crippen LogP contribution in [0.25, 0.3) is 0 Å². The van der Waals surface area contributed by atoms with Gasteiger partial charge >= 0.3 is 0 Å². The molecule has 0 bridgehead atoms. The van der Waals surface area contributed by atoms with E-state index in [1.165, 1.54) is 11.6 Å². The van der Waals surface area contributed by atoms with E-state index < -0.39 is 5.91 Å². The minimum absolute atomic E-state index is 0.0381. The van der Waals surface area contributed by atoms with Gasteiger partial charge in [0.1, 0.15) is 0 Å². The summed E-state index contributed by atoms with van der Waals surface area (Å²) in [7, 11) is 0. The van der Waals surface area contributed by atoms with Crippen molar-refractivity contribution in [3.63, 3.8) is 0 Å². The van der Waals surface area contributed by atoms with Crippen molar-refractivity contribution in [2.45, 2.75) is 18.9 Å². The van der Waals surface area contributed by atoms with Crippen molar-refractivity contribution in [2.75, 3.05) is 0 Å². The average Bonchev–Trinajstić information content (AvgIpc) is 2.25. The number of hydrogen-bond donors (Lipinski definition) is 2. The van der Waals surface area contributed by atoms with E-state index in [0.29, 0.717) is 6.42 Å². The van der Waals surface area contributed by atoms with Crippen molar-refractivity contribution < 1.29 is 4.79 Å². The Morgan fingerprint density at radius 1 is 1.38 bits per heavy atom. The van der Waals surface area contributed by atoms with Gasteiger partial charge in [0.25, 0.3) is 0 Å². The van der Waals surface area contributed by atoms with E-state index in [4.69, 9.17) is 11.5 Å². The Morgan fingerprint density at radius 2 is 2.06 bits per heavy atom. The molecule has 16 heavy (non-hydrogen) atoms. The van der Waals surface area contributed by atoms with Crippen LogP contribution in [-0.4, -0.2) is 11.9 Å². The Labute approximate surface area is 95.4 Å². The summed E-state index contributed by atoms with van der Waals surface area (Å²) in [5.41, 5.74) is 14.8. The molecule has 0 saturated heterocycles. The molecule has 3 nitrogen and oxygen atoms in total. The van der Waals surface area contributed by atoms with Gasteiger partial charge in [0.2, 0.25) is 5.91 Å². The molecule has 1 aromatic carbocycles. The van der Waals surface area contributed by atoms with Crippen LogP contribution >= 0.6 is 0 Å². The minimum Gasteiger partial charge on any atom is -0.366 e.